The number of halogens is 1. The largest absolute Gasteiger partial charge is 0.316 e. The molecule has 102 valence electrons. The fourth-order valence-corrected chi connectivity index (χ4v) is 2.70. The first-order chi connectivity index (χ1) is 8.27. The normalized spacial score (nSPS) is 19.4. The lowest BCUT2D eigenvalue weighted by Crippen LogP contribution is -2.38. The Labute approximate surface area is 107 Å². The quantitative estimate of drug-likeness (QED) is 0.583. The predicted molar refractivity (Wildman–Crippen MR) is 73.2 cm³/mol. The molecule has 0 unspecified atom stereocenters. The number of alkyl halides is 1. The van der Waals surface area contributed by atoms with Crippen LogP contribution >= 0.6 is 0 Å². The molecule has 0 atom stereocenters. The van der Waals surface area contributed by atoms with Gasteiger partial charge in [-0.25, -0.2) is 4.39 Å². The third kappa shape index (κ3) is 7.03. The summed E-state index contributed by atoms with van der Waals surface area (Å²) in [6.45, 7) is 3.99. The zero-order valence-electron chi connectivity index (χ0n) is 11.6. The number of unbranched alkanes of at least 4 members (excludes halogenated alkanes) is 7. The highest BCUT2D eigenvalue weighted by Gasteiger charge is 2.30. The van der Waals surface area contributed by atoms with Crippen LogP contribution < -0.4 is 5.32 Å². The minimum absolute atomic E-state index is 0.726. The Bertz CT molecular complexity index is 176. The van der Waals surface area contributed by atoms with E-state index in [9.17, 15) is 4.39 Å². The van der Waals surface area contributed by atoms with Gasteiger partial charge in [0.1, 0.15) is 5.67 Å². The van der Waals surface area contributed by atoms with Crippen LogP contribution in [0.1, 0.15) is 77.6 Å². The van der Waals surface area contributed by atoms with Crippen LogP contribution in [-0.4, -0.2) is 18.8 Å². The Balaban J connectivity index is 1.89. The van der Waals surface area contributed by atoms with E-state index in [1.54, 1.807) is 0 Å². The van der Waals surface area contributed by atoms with Gasteiger partial charge in [0.05, 0.1) is 0 Å². The molecule has 0 bridgehead atoms. The molecule has 0 radical (unpaired) electrons. The molecule has 0 spiro atoms. The minimum Gasteiger partial charge on any atom is -0.316 e. The van der Waals surface area contributed by atoms with Crippen LogP contribution in [0.4, 0.5) is 4.39 Å². The molecule has 0 saturated carbocycles. The second-order valence-electron chi connectivity index (χ2n) is 5.63. The van der Waals surface area contributed by atoms with Crippen molar-refractivity contribution in [1.82, 2.24) is 5.32 Å². The molecule has 0 amide bonds. The molecule has 2 heteroatoms. The van der Waals surface area contributed by atoms with Gasteiger partial charge in [-0.2, -0.15) is 0 Å². The van der Waals surface area contributed by atoms with Crippen molar-refractivity contribution in [2.24, 2.45) is 0 Å². The second kappa shape index (κ2) is 8.91. The molecule has 1 N–H and O–H groups in total. The molecule has 1 aliphatic heterocycles. The highest BCUT2D eigenvalue weighted by molar-refractivity contribution is 4.84. The van der Waals surface area contributed by atoms with Crippen LogP contribution in [0.3, 0.4) is 0 Å². The van der Waals surface area contributed by atoms with E-state index in [2.05, 4.69) is 12.2 Å². The van der Waals surface area contributed by atoms with Gasteiger partial charge in [-0.1, -0.05) is 58.3 Å². The first-order valence-electron chi connectivity index (χ1n) is 7.66. The van der Waals surface area contributed by atoms with Crippen molar-refractivity contribution in [3.05, 3.63) is 0 Å². The maximum Gasteiger partial charge on any atom is 0.113 e. The zero-order chi connectivity index (χ0) is 12.4. The van der Waals surface area contributed by atoms with E-state index in [1.807, 2.05) is 0 Å². The van der Waals surface area contributed by atoms with Crippen LogP contribution in [0.25, 0.3) is 0 Å². The predicted octanol–water partition coefficient (Wildman–Crippen LogP) is 4.61. The average molecular weight is 243 g/mol. The van der Waals surface area contributed by atoms with Gasteiger partial charge >= 0.3 is 0 Å². The van der Waals surface area contributed by atoms with Gasteiger partial charge in [0.15, 0.2) is 0 Å². The van der Waals surface area contributed by atoms with Crippen molar-refractivity contribution < 1.29 is 4.39 Å². The van der Waals surface area contributed by atoms with E-state index >= 15 is 0 Å². The Morgan fingerprint density at radius 1 is 0.882 bits per heavy atom. The first-order valence-corrected chi connectivity index (χ1v) is 7.66. The number of nitrogens with one attached hydrogen (secondary N) is 1. The molecule has 1 aliphatic rings. The van der Waals surface area contributed by atoms with E-state index in [0.29, 0.717) is 0 Å². The van der Waals surface area contributed by atoms with E-state index in [1.165, 1.54) is 44.9 Å². The van der Waals surface area contributed by atoms with E-state index in [-0.39, 0.29) is 0 Å². The highest BCUT2D eigenvalue weighted by Crippen LogP contribution is 2.29. The minimum atomic E-state index is -0.840. The van der Waals surface area contributed by atoms with Gasteiger partial charge in [-0.15, -0.1) is 0 Å². The molecule has 1 saturated heterocycles. The summed E-state index contributed by atoms with van der Waals surface area (Å²) in [5.74, 6) is 0. The summed E-state index contributed by atoms with van der Waals surface area (Å²) >= 11 is 0. The summed E-state index contributed by atoms with van der Waals surface area (Å²) in [6.07, 6.45) is 12.7. The van der Waals surface area contributed by atoms with Gasteiger partial charge in [-0.05, 0) is 32.4 Å². The fraction of sp³-hybridized carbons (Fsp3) is 1.00. The van der Waals surface area contributed by atoms with Crippen LogP contribution in [0.15, 0.2) is 0 Å². The van der Waals surface area contributed by atoms with E-state index < -0.39 is 5.67 Å². The highest BCUT2D eigenvalue weighted by atomic mass is 19.1. The maximum atomic E-state index is 14.2. The summed E-state index contributed by atoms with van der Waals surface area (Å²) in [6, 6.07) is 0. The summed E-state index contributed by atoms with van der Waals surface area (Å²) in [5, 5.41) is 3.23. The Hall–Kier alpha value is -0.110. The molecular formula is C15H30FN. The average Bonchev–Trinajstić information content (AvgIpc) is 2.33. The summed E-state index contributed by atoms with van der Waals surface area (Å²) in [5.41, 5.74) is -0.840. The molecule has 17 heavy (non-hydrogen) atoms. The Kier molecular flexibility index (Phi) is 7.83. The molecule has 1 fully saturated rings. The van der Waals surface area contributed by atoms with Crippen molar-refractivity contribution >= 4 is 0 Å². The number of hydrogen-bond acceptors (Lipinski definition) is 1. The number of hydrogen-bond donors (Lipinski definition) is 1. The van der Waals surface area contributed by atoms with Gasteiger partial charge in [0.2, 0.25) is 0 Å². The molecule has 0 aromatic rings. The van der Waals surface area contributed by atoms with Gasteiger partial charge in [0.25, 0.3) is 0 Å². The maximum absolute atomic E-state index is 14.2. The molecule has 1 rings (SSSR count). The van der Waals surface area contributed by atoms with Crippen molar-refractivity contribution in [2.45, 2.75) is 83.2 Å². The Morgan fingerprint density at radius 2 is 1.41 bits per heavy atom. The SMILES string of the molecule is CCCCCCCCCCC1(F)CCNCC1. The fourth-order valence-electron chi connectivity index (χ4n) is 2.70. The third-order valence-electron chi connectivity index (χ3n) is 3.98. The standard InChI is InChI=1S/C15H30FN/c1-2-3-4-5-6-7-8-9-10-15(16)11-13-17-14-12-15/h17H,2-14H2,1H3. The third-order valence-corrected chi connectivity index (χ3v) is 3.98. The Morgan fingerprint density at radius 3 is 2.00 bits per heavy atom. The molecule has 0 aromatic heterocycles. The monoisotopic (exact) mass is 243 g/mol. The van der Waals surface area contributed by atoms with E-state index in [0.717, 1.165) is 38.8 Å². The number of piperidine rings is 1. The first kappa shape index (κ1) is 14.9. The lowest BCUT2D eigenvalue weighted by atomic mass is 9.88. The van der Waals surface area contributed by atoms with Crippen LogP contribution in [0.5, 0.6) is 0 Å². The van der Waals surface area contributed by atoms with E-state index in [4.69, 9.17) is 0 Å². The summed E-state index contributed by atoms with van der Waals surface area (Å²) < 4.78 is 14.2. The molecule has 0 aromatic carbocycles. The van der Waals surface area contributed by atoms with Crippen molar-refractivity contribution in [3.63, 3.8) is 0 Å². The lowest BCUT2D eigenvalue weighted by Gasteiger charge is -2.30. The van der Waals surface area contributed by atoms with Gasteiger partial charge in [0, 0.05) is 0 Å². The summed E-state index contributed by atoms with van der Waals surface area (Å²) in [4.78, 5) is 0. The topological polar surface area (TPSA) is 12.0 Å². The molecule has 0 aliphatic carbocycles. The van der Waals surface area contributed by atoms with Crippen LogP contribution in [0, 0.1) is 0 Å². The van der Waals surface area contributed by atoms with Gasteiger partial charge < -0.3 is 5.32 Å². The zero-order valence-corrected chi connectivity index (χ0v) is 11.6. The van der Waals surface area contributed by atoms with Gasteiger partial charge in [-0.3, -0.25) is 0 Å². The van der Waals surface area contributed by atoms with Crippen molar-refractivity contribution in [3.8, 4) is 0 Å². The molecule has 1 nitrogen and oxygen atoms in total. The number of rotatable bonds is 9. The van der Waals surface area contributed by atoms with Crippen molar-refractivity contribution in [2.75, 3.05) is 13.1 Å². The van der Waals surface area contributed by atoms with Crippen LogP contribution in [-0.2, 0) is 0 Å². The smallest absolute Gasteiger partial charge is 0.113 e. The molecular weight excluding hydrogens is 213 g/mol. The molecule has 1 heterocycles. The lowest BCUT2D eigenvalue weighted by molar-refractivity contribution is 0.101. The summed E-state index contributed by atoms with van der Waals surface area (Å²) in [7, 11) is 0. The van der Waals surface area contributed by atoms with Crippen molar-refractivity contribution in [1.29, 1.82) is 0 Å². The van der Waals surface area contributed by atoms with Crippen LogP contribution in [0.2, 0.25) is 0 Å². The second-order valence-corrected chi connectivity index (χ2v) is 5.63.